The van der Waals surface area contributed by atoms with Crippen molar-refractivity contribution in [2.24, 2.45) is 0 Å². The number of hydrogen-bond acceptors (Lipinski definition) is 4. The predicted octanol–water partition coefficient (Wildman–Crippen LogP) is 0.429. The number of carbonyl (C=O) groups excluding carboxylic acids is 1. The molecule has 0 saturated carbocycles. The number of nitrogens with zero attached hydrogens (tertiary/aromatic N) is 1. The summed E-state index contributed by atoms with van der Waals surface area (Å²) in [6, 6.07) is 5.47. The summed E-state index contributed by atoms with van der Waals surface area (Å²) >= 11 is 0. The highest BCUT2D eigenvalue weighted by molar-refractivity contribution is 5.92. The van der Waals surface area contributed by atoms with Crippen molar-refractivity contribution < 1.29 is 15.0 Å². The Labute approximate surface area is 105 Å². The molecule has 0 radical (unpaired) electrons. The van der Waals surface area contributed by atoms with Gasteiger partial charge in [-0.25, -0.2) is 4.79 Å². The molecule has 0 aliphatic carbocycles. The van der Waals surface area contributed by atoms with Gasteiger partial charge in [0.1, 0.15) is 0 Å². The lowest BCUT2D eigenvalue weighted by Gasteiger charge is -2.26. The second kappa shape index (κ2) is 5.24. The van der Waals surface area contributed by atoms with Crippen LogP contribution in [0, 0.1) is 0 Å². The minimum atomic E-state index is -0.775. The average molecular weight is 251 g/mol. The number of hydrogen-bond donors (Lipinski definition) is 4. The van der Waals surface area contributed by atoms with Gasteiger partial charge in [0.05, 0.1) is 12.7 Å². The van der Waals surface area contributed by atoms with Gasteiger partial charge in [0, 0.05) is 31.5 Å². The Morgan fingerprint density at radius 1 is 1.56 bits per heavy atom. The summed E-state index contributed by atoms with van der Waals surface area (Å²) in [4.78, 5) is 13.0. The van der Waals surface area contributed by atoms with E-state index in [9.17, 15) is 9.90 Å². The third kappa shape index (κ3) is 2.72. The molecule has 0 fully saturated rings. The second-order valence-electron chi connectivity index (χ2n) is 4.38. The standard InChI is InChI=1S/C12H17N3O3/c1-15-6-8-4-9(13-5-10(17)7-16)2-3-11(8)14-12(15)18/h2-4,10,13,16-17H,5-7H2,1H3,(H,14,18). The molecule has 1 aliphatic rings. The van der Waals surface area contributed by atoms with Crippen LogP contribution < -0.4 is 10.6 Å². The Balaban J connectivity index is 2.08. The zero-order valence-electron chi connectivity index (χ0n) is 10.2. The van der Waals surface area contributed by atoms with Crippen LogP contribution in [-0.2, 0) is 6.54 Å². The largest absolute Gasteiger partial charge is 0.394 e. The first-order valence-corrected chi connectivity index (χ1v) is 5.78. The maximum atomic E-state index is 11.4. The van der Waals surface area contributed by atoms with Crippen molar-refractivity contribution >= 4 is 17.4 Å². The van der Waals surface area contributed by atoms with Crippen LogP contribution in [0.3, 0.4) is 0 Å². The maximum absolute atomic E-state index is 11.4. The van der Waals surface area contributed by atoms with E-state index in [0.29, 0.717) is 6.54 Å². The van der Waals surface area contributed by atoms with Gasteiger partial charge in [-0.3, -0.25) is 0 Å². The molecule has 4 N–H and O–H groups in total. The summed E-state index contributed by atoms with van der Waals surface area (Å²) in [7, 11) is 1.73. The van der Waals surface area contributed by atoms with Gasteiger partial charge in [-0.1, -0.05) is 0 Å². The van der Waals surface area contributed by atoms with Gasteiger partial charge in [0.25, 0.3) is 0 Å². The summed E-state index contributed by atoms with van der Waals surface area (Å²) in [6.45, 7) is 0.577. The van der Waals surface area contributed by atoms with E-state index in [4.69, 9.17) is 5.11 Å². The molecule has 0 aromatic heterocycles. The predicted molar refractivity (Wildman–Crippen MR) is 68.5 cm³/mol. The van der Waals surface area contributed by atoms with Crippen molar-refractivity contribution in [2.45, 2.75) is 12.6 Å². The summed E-state index contributed by atoms with van der Waals surface area (Å²) in [5, 5.41) is 23.8. The molecule has 1 aromatic rings. The molecule has 6 nitrogen and oxygen atoms in total. The Hall–Kier alpha value is -1.79. The van der Waals surface area contributed by atoms with E-state index in [1.807, 2.05) is 18.2 Å². The molecular weight excluding hydrogens is 234 g/mol. The molecule has 1 unspecified atom stereocenters. The monoisotopic (exact) mass is 251 g/mol. The normalized spacial score (nSPS) is 15.9. The zero-order chi connectivity index (χ0) is 13.1. The molecule has 0 spiro atoms. The van der Waals surface area contributed by atoms with Gasteiger partial charge in [0.2, 0.25) is 0 Å². The lowest BCUT2D eigenvalue weighted by molar-refractivity contribution is 0.105. The maximum Gasteiger partial charge on any atom is 0.321 e. The van der Waals surface area contributed by atoms with Crippen LogP contribution in [0.15, 0.2) is 18.2 Å². The first-order chi connectivity index (χ1) is 8.60. The van der Waals surface area contributed by atoms with Crippen LogP contribution in [0.5, 0.6) is 0 Å². The molecule has 6 heteroatoms. The third-order valence-electron chi connectivity index (χ3n) is 2.85. The number of aliphatic hydroxyl groups excluding tert-OH is 2. The summed E-state index contributed by atoms with van der Waals surface area (Å²) in [5.74, 6) is 0. The van der Waals surface area contributed by atoms with Crippen LogP contribution in [-0.4, -0.2) is 47.4 Å². The minimum absolute atomic E-state index is 0.112. The van der Waals surface area contributed by atoms with E-state index in [-0.39, 0.29) is 19.2 Å². The molecule has 98 valence electrons. The summed E-state index contributed by atoms with van der Waals surface area (Å²) in [5.41, 5.74) is 2.68. The zero-order valence-corrected chi connectivity index (χ0v) is 10.2. The van der Waals surface area contributed by atoms with Gasteiger partial charge >= 0.3 is 6.03 Å². The number of rotatable bonds is 4. The van der Waals surface area contributed by atoms with Gasteiger partial charge in [-0.15, -0.1) is 0 Å². The molecule has 1 aromatic carbocycles. The Bertz CT molecular complexity index is 450. The van der Waals surface area contributed by atoms with Gasteiger partial charge in [-0.05, 0) is 23.8 Å². The van der Waals surface area contributed by atoms with E-state index in [1.54, 1.807) is 11.9 Å². The number of anilines is 2. The van der Waals surface area contributed by atoms with Gasteiger partial charge in [-0.2, -0.15) is 0 Å². The Kier molecular flexibility index (Phi) is 3.69. The molecule has 1 atom stereocenters. The van der Waals surface area contributed by atoms with Crippen molar-refractivity contribution in [3.63, 3.8) is 0 Å². The number of amides is 2. The lowest BCUT2D eigenvalue weighted by Crippen LogP contribution is -2.35. The van der Waals surface area contributed by atoms with Crippen molar-refractivity contribution in [1.82, 2.24) is 4.90 Å². The number of aliphatic hydroxyl groups is 2. The number of carbonyl (C=O) groups is 1. The van der Waals surface area contributed by atoms with Crippen LogP contribution >= 0.6 is 0 Å². The van der Waals surface area contributed by atoms with Crippen molar-refractivity contribution in [2.75, 3.05) is 30.8 Å². The topological polar surface area (TPSA) is 84.8 Å². The van der Waals surface area contributed by atoms with Crippen molar-refractivity contribution in [3.8, 4) is 0 Å². The fourth-order valence-corrected chi connectivity index (χ4v) is 1.79. The van der Waals surface area contributed by atoms with E-state index in [2.05, 4.69) is 10.6 Å². The molecule has 0 bridgehead atoms. The number of benzene rings is 1. The number of fused-ring (bicyclic) bond motifs is 1. The molecule has 1 heterocycles. The third-order valence-corrected chi connectivity index (χ3v) is 2.85. The van der Waals surface area contributed by atoms with Crippen LogP contribution in [0.25, 0.3) is 0 Å². The highest BCUT2D eigenvalue weighted by Crippen LogP contribution is 2.25. The minimum Gasteiger partial charge on any atom is -0.394 e. The van der Waals surface area contributed by atoms with Crippen molar-refractivity contribution in [1.29, 1.82) is 0 Å². The summed E-state index contributed by atoms with van der Waals surface area (Å²) in [6.07, 6.45) is -0.775. The first kappa shape index (κ1) is 12.7. The molecule has 0 saturated heterocycles. The Morgan fingerprint density at radius 2 is 2.33 bits per heavy atom. The molecule has 2 rings (SSSR count). The van der Waals surface area contributed by atoms with Gasteiger partial charge in [0.15, 0.2) is 0 Å². The van der Waals surface area contributed by atoms with Crippen LogP contribution in [0.1, 0.15) is 5.56 Å². The van der Waals surface area contributed by atoms with Gasteiger partial charge < -0.3 is 25.7 Å². The fourth-order valence-electron chi connectivity index (χ4n) is 1.79. The van der Waals surface area contributed by atoms with E-state index >= 15 is 0 Å². The summed E-state index contributed by atoms with van der Waals surface area (Å²) < 4.78 is 0. The quantitative estimate of drug-likeness (QED) is 0.625. The average Bonchev–Trinajstić information content (AvgIpc) is 2.37. The highest BCUT2D eigenvalue weighted by Gasteiger charge is 2.19. The molecule has 2 amide bonds. The van der Waals surface area contributed by atoms with E-state index in [0.717, 1.165) is 16.9 Å². The Morgan fingerprint density at radius 3 is 3.06 bits per heavy atom. The van der Waals surface area contributed by atoms with Crippen molar-refractivity contribution in [3.05, 3.63) is 23.8 Å². The van der Waals surface area contributed by atoms with E-state index < -0.39 is 6.10 Å². The van der Waals surface area contributed by atoms with Crippen LogP contribution in [0.4, 0.5) is 16.2 Å². The molecular formula is C12H17N3O3. The van der Waals surface area contributed by atoms with Crippen LogP contribution in [0.2, 0.25) is 0 Å². The number of nitrogens with one attached hydrogen (secondary N) is 2. The fraction of sp³-hybridized carbons (Fsp3) is 0.417. The molecule has 18 heavy (non-hydrogen) atoms. The SMILES string of the molecule is CN1Cc2cc(NCC(O)CO)ccc2NC1=O. The molecule has 1 aliphatic heterocycles. The first-order valence-electron chi connectivity index (χ1n) is 5.78. The van der Waals surface area contributed by atoms with E-state index in [1.165, 1.54) is 0 Å². The second-order valence-corrected chi connectivity index (χ2v) is 4.38. The smallest absolute Gasteiger partial charge is 0.321 e. The number of urea groups is 1. The highest BCUT2D eigenvalue weighted by atomic mass is 16.3. The lowest BCUT2D eigenvalue weighted by atomic mass is 10.1.